The molecular formula is C11H13F3N+. The predicted molar refractivity (Wildman–Crippen MR) is 50.2 cm³/mol. The van der Waals surface area contributed by atoms with Crippen LogP contribution in [0.2, 0.25) is 0 Å². The van der Waals surface area contributed by atoms with E-state index in [2.05, 4.69) is 5.32 Å². The molecule has 1 fully saturated rings. The van der Waals surface area contributed by atoms with Crippen molar-refractivity contribution in [3.05, 3.63) is 35.4 Å². The molecule has 15 heavy (non-hydrogen) atoms. The number of benzene rings is 1. The molecule has 0 aromatic heterocycles. The van der Waals surface area contributed by atoms with Crippen molar-refractivity contribution >= 4 is 0 Å². The second kappa shape index (κ2) is 3.85. The molecule has 0 spiro atoms. The highest BCUT2D eigenvalue weighted by Crippen LogP contribution is 2.31. The van der Waals surface area contributed by atoms with Gasteiger partial charge in [-0.3, -0.25) is 0 Å². The van der Waals surface area contributed by atoms with Crippen molar-refractivity contribution in [2.75, 3.05) is 6.54 Å². The van der Waals surface area contributed by atoms with Crippen LogP contribution in [0.4, 0.5) is 13.2 Å². The summed E-state index contributed by atoms with van der Waals surface area (Å²) < 4.78 is 37.3. The zero-order valence-corrected chi connectivity index (χ0v) is 8.22. The molecule has 82 valence electrons. The summed E-state index contributed by atoms with van der Waals surface area (Å²) in [5, 5.41) is 2.11. The third kappa shape index (κ3) is 2.31. The SMILES string of the molecule is FC(F)(F)c1cccc([C@@H]2CCC[NH2+]2)c1. The number of nitrogens with two attached hydrogens (primary N) is 1. The van der Waals surface area contributed by atoms with Gasteiger partial charge in [0.2, 0.25) is 0 Å². The van der Waals surface area contributed by atoms with Gasteiger partial charge in [0.15, 0.2) is 0 Å². The van der Waals surface area contributed by atoms with Crippen LogP contribution in [0.3, 0.4) is 0 Å². The van der Waals surface area contributed by atoms with Crippen LogP contribution >= 0.6 is 0 Å². The molecular weight excluding hydrogens is 203 g/mol. The summed E-state index contributed by atoms with van der Waals surface area (Å²) in [7, 11) is 0. The molecule has 1 aliphatic heterocycles. The Bertz CT molecular complexity index is 340. The molecule has 1 aromatic carbocycles. The van der Waals surface area contributed by atoms with Crippen molar-refractivity contribution in [2.45, 2.75) is 25.1 Å². The molecule has 1 saturated heterocycles. The first-order chi connectivity index (χ1) is 7.07. The number of quaternary nitrogens is 1. The number of halogens is 3. The van der Waals surface area contributed by atoms with Crippen molar-refractivity contribution in [2.24, 2.45) is 0 Å². The van der Waals surface area contributed by atoms with Crippen LogP contribution in [-0.2, 0) is 6.18 Å². The largest absolute Gasteiger partial charge is 0.416 e. The lowest BCUT2D eigenvalue weighted by Crippen LogP contribution is -2.81. The third-order valence-electron chi connectivity index (χ3n) is 2.81. The van der Waals surface area contributed by atoms with E-state index in [1.807, 2.05) is 0 Å². The summed E-state index contributed by atoms with van der Waals surface area (Å²) in [5.74, 6) is 0. The van der Waals surface area contributed by atoms with E-state index in [1.165, 1.54) is 12.1 Å². The van der Waals surface area contributed by atoms with E-state index >= 15 is 0 Å². The fraction of sp³-hybridized carbons (Fsp3) is 0.455. The molecule has 2 N–H and O–H groups in total. The molecule has 0 saturated carbocycles. The van der Waals surface area contributed by atoms with E-state index in [4.69, 9.17) is 0 Å². The summed E-state index contributed by atoms with van der Waals surface area (Å²) in [6, 6.07) is 5.88. The lowest BCUT2D eigenvalue weighted by atomic mass is 10.0. The normalized spacial score (nSPS) is 21.9. The molecule has 1 aliphatic rings. The van der Waals surface area contributed by atoms with Crippen molar-refractivity contribution in [1.82, 2.24) is 0 Å². The van der Waals surface area contributed by atoms with Gasteiger partial charge in [-0.25, -0.2) is 0 Å². The number of hydrogen-bond donors (Lipinski definition) is 1. The van der Waals surface area contributed by atoms with Crippen molar-refractivity contribution in [3.63, 3.8) is 0 Å². The second-order valence-corrected chi connectivity index (χ2v) is 3.90. The molecule has 4 heteroatoms. The van der Waals surface area contributed by atoms with Crippen LogP contribution in [0, 0.1) is 0 Å². The maximum Gasteiger partial charge on any atom is 0.416 e. The Balaban J connectivity index is 2.26. The predicted octanol–water partition coefficient (Wildman–Crippen LogP) is 2.10. The Morgan fingerprint density at radius 2 is 2.07 bits per heavy atom. The van der Waals surface area contributed by atoms with Gasteiger partial charge in [-0.2, -0.15) is 13.2 Å². The highest BCUT2D eigenvalue weighted by molar-refractivity contribution is 5.27. The molecule has 1 heterocycles. The first-order valence-corrected chi connectivity index (χ1v) is 5.08. The first-order valence-electron chi connectivity index (χ1n) is 5.08. The summed E-state index contributed by atoms with van der Waals surface area (Å²) in [4.78, 5) is 0. The molecule has 0 bridgehead atoms. The summed E-state index contributed by atoms with van der Waals surface area (Å²) in [5.41, 5.74) is 0.252. The average Bonchev–Trinajstić information content (AvgIpc) is 2.69. The first kappa shape index (κ1) is 10.5. The zero-order chi connectivity index (χ0) is 10.9. The molecule has 0 radical (unpaired) electrons. The van der Waals surface area contributed by atoms with Crippen LogP contribution in [0.25, 0.3) is 0 Å². The minimum Gasteiger partial charge on any atom is -0.340 e. The summed E-state index contributed by atoms with van der Waals surface area (Å²) >= 11 is 0. The Morgan fingerprint density at radius 1 is 1.27 bits per heavy atom. The molecule has 0 aliphatic carbocycles. The minimum absolute atomic E-state index is 0.215. The van der Waals surface area contributed by atoms with Gasteiger partial charge in [-0.15, -0.1) is 0 Å². The molecule has 0 unspecified atom stereocenters. The van der Waals surface area contributed by atoms with Crippen LogP contribution in [-0.4, -0.2) is 6.54 Å². The topological polar surface area (TPSA) is 16.6 Å². The highest BCUT2D eigenvalue weighted by atomic mass is 19.4. The van der Waals surface area contributed by atoms with Gasteiger partial charge in [0.25, 0.3) is 0 Å². The van der Waals surface area contributed by atoms with Gasteiger partial charge in [0.1, 0.15) is 6.04 Å². The quantitative estimate of drug-likeness (QED) is 0.740. The number of alkyl halides is 3. The molecule has 1 nitrogen and oxygen atoms in total. The Labute approximate surface area is 86.3 Å². The van der Waals surface area contributed by atoms with E-state index in [-0.39, 0.29) is 6.04 Å². The van der Waals surface area contributed by atoms with Crippen molar-refractivity contribution in [3.8, 4) is 0 Å². The number of hydrogen-bond acceptors (Lipinski definition) is 0. The monoisotopic (exact) mass is 216 g/mol. The van der Waals surface area contributed by atoms with Gasteiger partial charge < -0.3 is 5.32 Å². The lowest BCUT2D eigenvalue weighted by molar-refractivity contribution is -0.676. The number of rotatable bonds is 1. The van der Waals surface area contributed by atoms with E-state index < -0.39 is 11.7 Å². The van der Waals surface area contributed by atoms with E-state index in [0.717, 1.165) is 31.0 Å². The van der Waals surface area contributed by atoms with Crippen molar-refractivity contribution < 1.29 is 18.5 Å². The molecule has 2 rings (SSSR count). The highest BCUT2D eigenvalue weighted by Gasteiger charge is 2.31. The smallest absolute Gasteiger partial charge is 0.340 e. The van der Waals surface area contributed by atoms with E-state index in [0.29, 0.717) is 0 Å². The maximum absolute atomic E-state index is 12.4. The van der Waals surface area contributed by atoms with Crippen LogP contribution in [0.15, 0.2) is 24.3 Å². The van der Waals surface area contributed by atoms with Gasteiger partial charge in [-0.05, 0) is 12.1 Å². The fourth-order valence-corrected chi connectivity index (χ4v) is 2.02. The fourth-order valence-electron chi connectivity index (χ4n) is 2.02. The van der Waals surface area contributed by atoms with Gasteiger partial charge in [0, 0.05) is 18.4 Å². The second-order valence-electron chi connectivity index (χ2n) is 3.90. The van der Waals surface area contributed by atoms with Crippen LogP contribution < -0.4 is 5.32 Å². The van der Waals surface area contributed by atoms with Crippen LogP contribution in [0.1, 0.15) is 30.0 Å². The zero-order valence-electron chi connectivity index (χ0n) is 8.22. The van der Waals surface area contributed by atoms with Gasteiger partial charge in [0.05, 0.1) is 12.1 Å². The lowest BCUT2D eigenvalue weighted by Gasteiger charge is -2.11. The Kier molecular flexibility index (Phi) is 2.69. The average molecular weight is 216 g/mol. The molecule has 1 aromatic rings. The molecule has 0 amide bonds. The Morgan fingerprint density at radius 3 is 2.67 bits per heavy atom. The molecule has 1 atom stereocenters. The standard InChI is InChI=1S/C11H12F3N/c12-11(13,14)9-4-1-3-8(7-9)10-5-2-6-15-10/h1,3-4,7,10,15H,2,5-6H2/p+1/t10-/m0/s1. The van der Waals surface area contributed by atoms with E-state index in [9.17, 15) is 13.2 Å². The maximum atomic E-state index is 12.4. The minimum atomic E-state index is -4.23. The third-order valence-corrected chi connectivity index (χ3v) is 2.81. The van der Waals surface area contributed by atoms with Gasteiger partial charge >= 0.3 is 6.18 Å². The summed E-state index contributed by atoms with van der Waals surface area (Å²) in [6.07, 6.45) is -2.17. The van der Waals surface area contributed by atoms with Crippen LogP contribution in [0.5, 0.6) is 0 Å². The van der Waals surface area contributed by atoms with Gasteiger partial charge in [-0.1, -0.05) is 12.1 Å². The van der Waals surface area contributed by atoms with E-state index in [1.54, 1.807) is 6.07 Å². The Hall–Kier alpha value is -1.03. The van der Waals surface area contributed by atoms with Crippen molar-refractivity contribution in [1.29, 1.82) is 0 Å². The summed E-state index contributed by atoms with van der Waals surface area (Å²) in [6.45, 7) is 1.01.